The molecule has 1 saturated heterocycles. The summed E-state index contributed by atoms with van der Waals surface area (Å²) in [6.45, 7) is 6.76. The van der Waals surface area contributed by atoms with Crippen molar-refractivity contribution in [3.8, 4) is 17.2 Å². The summed E-state index contributed by atoms with van der Waals surface area (Å²) < 4.78 is 17.1. The van der Waals surface area contributed by atoms with Crippen LogP contribution >= 0.6 is 0 Å². The van der Waals surface area contributed by atoms with Gasteiger partial charge in [0.05, 0.1) is 6.61 Å². The maximum absolute atomic E-state index is 6.21. The van der Waals surface area contributed by atoms with Gasteiger partial charge in [0.15, 0.2) is 11.5 Å². The smallest absolute Gasteiger partial charge is 0.231 e. The number of hydrogen-bond donors (Lipinski definition) is 0. The molecular weight excluding hydrogens is 338 g/mol. The van der Waals surface area contributed by atoms with Gasteiger partial charge in [-0.3, -0.25) is 0 Å². The van der Waals surface area contributed by atoms with Gasteiger partial charge in [-0.25, -0.2) is 0 Å². The van der Waals surface area contributed by atoms with Gasteiger partial charge >= 0.3 is 0 Å². The minimum absolute atomic E-state index is 0.296. The predicted octanol–water partition coefficient (Wildman–Crippen LogP) is 4.70. The van der Waals surface area contributed by atoms with Gasteiger partial charge in [-0.1, -0.05) is 43.7 Å². The normalized spacial score (nSPS) is 22.0. The Morgan fingerprint density at radius 1 is 1.07 bits per heavy atom. The van der Waals surface area contributed by atoms with Crippen molar-refractivity contribution in [2.24, 2.45) is 5.92 Å². The Bertz CT molecular complexity index is 734. The lowest BCUT2D eigenvalue weighted by Crippen LogP contribution is -2.42. The van der Waals surface area contributed by atoms with Crippen molar-refractivity contribution in [3.63, 3.8) is 0 Å². The van der Waals surface area contributed by atoms with Crippen LogP contribution in [0.2, 0.25) is 0 Å². The van der Waals surface area contributed by atoms with Gasteiger partial charge in [0, 0.05) is 18.5 Å². The average molecular weight is 367 g/mol. The molecule has 0 amide bonds. The van der Waals surface area contributed by atoms with Gasteiger partial charge in [0.2, 0.25) is 6.79 Å². The van der Waals surface area contributed by atoms with Crippen molar-refractivity contribution in [1.29, 1.82) is 0 Å². The topological polar surface area (TPSA) is 30.9 Å². The maximum Gasteiger partial charge on any atom is 0.231 e. The molecule has 27 heavy (non-hydrogen) atoms. The van der Waals surface area contributed by atoms with Gasteiger partial charge < -0.3 is 19.1 Å². The van der Waals surface area contributed by atoms with E-state index in [0.29, 0.717) is 18.6 Å². The van der Waals surface area contributed by atoms with E-state index in [-0.39, 0.29) is 0 Å². The van der Waals surface area contributed by atoms with E-state index in [2.05, 4.69) is 42.2 Å². The molecule has 4 nitrogen and oxygen atoms in total. The molecule has 0 aromatic heterocycles. The van der Waals surface area contributed by atoms with E-state index in [1.54, 1.807) is 0 Å². The number of hydrogen-bond acceptors (Lipinski definition) is 4. The van der Waals surface area contributed by atoms with Crippen molar-refractivity contribution < 1.29 is 14.2 Å². The molecule has 4 rings (SSSR count). The van der Waals surface area contributed by atoms with Crippen molar-refractivity contribution in [2.75, 3.05) is 33.0 Å². The van der Waals surface area contributed by atoms with E-state index < -0.39 is 0 Å². The third-order valence-electron chi connectivity index (χ3n) is 5.68. The molecule has 2 atom stereocenters. The molecule has 0 aliphatic carbocycles. The maximum atomic E-state index is 6.21. The molecule has 4 heteroatoms. The molecule has 2 aromatic rings. The highest BCUT2D eigenvalue weighted by Gasteiger charge is 2.30. The summed E-state index contributed by atoms with van der Waals surface area (Å²) in [7, 11) is 0. The fraction of sp³-hybridized carbons (Fsp3) is 0.478. The molecule has 144 valence electrons. The van der Waals surface area contributed by atoms with Crippen molar-refractivity contribution in [2.45, 2.75) is 32.1 Å². The van der Waals surface area contributed by atoms with Crippen molar-refractivity contribution >= 4 is 0 Å². The van der Waals surface area contributed by atoms with E-state index in [0.717, 1.165) is 30.4 Å². The van der Waals surface area contributed by atoms with Crippen LogP contribution in [-0.2, 0) is 0 Å². The summed E-state index contributed by atoms with van der Waals surface area (Å²) in [4.78, 5) is 2.61. The van der Waals surface area contributed by atoms with Gasteiger partial charge in [-0.15, -0.1) is 0 Å². The minimum atomic E-state index is 0.296. The average Bonchev–Trinajstić information content (AvgIpc) is 3.19. The van der Waals surface area contributed by atoms with Gasteiger partial charge in [-0.2, -0.15) is 0 Å². The number of likely N-dealkylation sites (tertiary alicyclic amines) is 1. The molecule has 2 aliphatic rings. The third kappa shape index (κ3) is 4.38. The fourth-order valence-electron chi connectivity index (χ4n) is 4.17. The number of rotatable bonds is 7. The highest BCUT2D eigenvalue weighted by molar-refractivity contribution is 5.46. The molecule has 0 saturated carbocycles. The quantitative estimate of drug-likeness (QED) is 0.710. The Hall–Kier alpha value is -2.20. The first-order chi connectivity index (χ1) is 13.3. The summed E-state index contributed by atoms with van der Waals surface area (Å²) in [6.07, 6.45) is 3.71. The highest BCUT2D eigenvalue weighted by Crippen LogP contribution is 2.37. The standard InChI is InChI=1S/C23H29NO3/c1-2-3-12-24-13-11-21(18-7-5-4-6-8-18)19(15-24)16-25-20-9-10-22-23(14-20)27-17-26-22/h4-10,14,19,21H,2-3,11-13,15-17H2,1H3/t19-,21-/m0/s1. The van der Waals surface area contributed by atoms with E-state index in [4.69, 9.17) is 14.2 Å². The first kappa shape index (κ1) is 18.2. The van der Waals surface area contributed by atoms with Gasteiger partial charge in [-0.05, 0) is 49.5 Å². The molecule has 1 fully saturated rings. The summed E-state index contributed by atoms with van der Waals surface area (Å²) in [5.41, 5.74) is 1.44. The molecule has 0 N–H and O–H groups in total. The van der Waals surface area contributed by atoms with Crippen LogP contribution in [0.3, 0.4) is 0 Å². The van der Waals surface area contributed by atoms with Crippen LogP contribution in [0.15, 0.2) is 48.5 Å². The van der Waals surface area contributed by atoms with Gasteiger partial charge in [0.1, 0.15) is 5.75 Å². The number of benzene rings is 2. The highest BCUT2D eigenvalue weighted by atomic mass is 16.7. The molecule has 0 spiro atoms. The van der Waals surface area contributed by atoms with Crippen LogP contribution in [0, 0.1) is 5.92 Å². The van der Waals surface area contributed by atoms with Crippen molar-refractivity contribution in [1.82, 2.24) is 4.90 Å². The minimum Gasteiger partial charge on any atom is -0.493 e. The van der Waals surface area contributed by atoms with Crippen LogP contribution < -0.4 is 14.2 Å². The first-order valence-corrected chi connectivity index (χ1v) is 10.1. The Kier molecular flexibility index (Phi) is 5.83. The second-order valence-corrected chi connectivity index (χ2v) is 7.55. The zero-order chi connectivity index (χ0) is 18.5. The van der Waals surface area contributed by atoms with Gasteiger partial charge in [0.25, 0.3) is 0 Å². The SMILES string of the molecule is CCCCN1CC[C@@H](c2ccccc2)[C@H](COc2ccc3c(c2)OCO3)C1. The monoisotopic (exact) mass is 367 g/mol. The molecule has 2 aliphatic heterocycles. The van der Waals surface area contributed by atoms with Crippen LogP contribution in [0.25, 0.3) is 0 Å². The Morgan fingerprint density at radius 2 is 1.93 bits per heavy atom. The molecule has 0 radical (unpaired) electrons. The summed E-state index contributed by atoms with van der Waals surface area (Å²) in [6, 6.07) is 16.8. The zero-order valence-corrected chi connectivity index (χ0v) is 16.1. The number of ether oxygens (including phenoxy) is 3. The lowest BCUT2D eigenvalue weighted by Gasteiger charge is -2.38. The Balaban J connectivity index is 1.44. The van der Waals surface area contributed by atoms with Crippen LogP contribution in [0.5, 0.6) is 17.2 Å². The Morgan fingerprint density at radius 3 is 2.78 bits per heavy atom. The second-order valence-electron chi connectivity index (χ2n) is 7.55. The molecule has 0 bridgehead atoms. The molecule has 2 heterocycles. The fourth-order valence-corrected chi connectivity index (χ4v) is 4.17. The van der Waals surface area contributed by atoms with E-state index in [1.807, 2.05) is 18.2 Å². The lowest BCUT2D eigenvalue weighted by atomic mass is 9.81. The van der Waals surface area contributed by atoms with Crippen LogP contribution in [-0.4, -0.2) is 37.9 Å². The first-order valence-electron chi connectivity index (χ1n) is 10.1. The summed E-state index contributed by atoms with van der Waals surface area (Å²) in [5.74, 6) is 3.48. The second kappa shape index (κ2) is 8.66. The van der Waals surface area contributed by atoms with Crippen LogP contribution in [0.1, 0.15) is 37.7 Å². The summed E-state index contributed by atoms with van der Waals surface area (Å²) in [5, 5.41) is 0. The van der Waals surface area contributed by atoms with Crippen molar-refractivity contribution in [3.05, 3.63) is 54.1 Å². The van der Waals surface area contributed by atoms with E-state index in [1.165, 1.54) is 37.9 Å². The molecule has 2 aromatic carbocycles. The number of unbranched alkanes of at least 4 members (excludes halogenated alkanes) is 1. The predicted molar refractivity (Wildman–Crippen MR) is 107 cm³/mol. The van der Waals surface area contributed by atoms with Crippen LogP contribution in [0.4, 0.5) is 0 Å². The molecular formula is C23H29NO3. The summed E-state index contributed by atoms with van der Waals surface area (Å²) >= 11 is 0. The Labute approximate surface area is 162 Å². The zero-order valence-electron chi connectivity index (χ0n) is 16.1. The number of fused-ring (bicyclic) bond motifs is 1. The number of nitrogens with zero attached hydrogens (tertiary/aromatic N) is 1. The largest absolute Gasteiger partial charge is 0.493 e. The third-order valence-corrected chi connectivity index (χ3v) is 5.68. The van der Waals surface area contributed by atoms with E-state index in [9.17, 15) is 0 Å². The molecule has 0 unspecified atom stereocenters. The lowest BCUT2D eigenvalue weighted by molar-refractivity contribution is 0.110. The van der Waals surface area contributed by atoms with E-state index >= 15 is 0 Å². The number of piperidine rings is 1.